The fourth-order valence-electron chi connectivity index (χ4n) is 1.15. The summed E-state index contributed by atoms with van der Waals surface area (Å²) in [6.45, 7) is 6.64. The van der Waals surface area contributed by atoms with E-state index >= 15 is 0 Å². The minimum atomic E-state index is 0.685. The number of hydrogen-bond acceptors (Lipinski definition) is 2. The molecule has 0 aliphatic heterocycles. The first-order valence-electron chi connectivity index (χ1n) is 4.98. The van der Waals surface area contributed by atoms with E-state index in [0.717, 1.165) is 19.5 Å². The zero-order valence-corrected chi connectivity index (χ0v) is 8.88. The maximum atomic E-state index is 4.21. The van der Waals surface area contributed by atoms with Crippen LogP contribution in [0.1, 0.15) is 25.8 Å². The smallest absolute Gasteiger partial charge is 0.102 e. The first-order chi connectivity index (χ1) is 6.86. The summed E-state index contributed by atoms with van der Waals surface area (Å²) in [6, 6.07) is 0. The number of nitrogens with zero attached hydrogens (tertiary/aromatic N) is 2. The first kappa shape index (κ1) is 10.8. The third kappa shape index (κ3) is 3.63. The Bertz CT molecular complexity index is 317. The van der Waals surface area contributed by atoms with Gasteiger partial charge in [-0.1, -0.05) is 12.8 Å². The van der Waals surface area contributed by atoms with Crippen molar-refractivity contribution in [2.24, 2.45) is 0 Å². The number of hydrogen-bond donors (Lipinski definition) is 1. The van der Waals surface area contributed by atoms with E-state index in [1.165, 1.54) is 5.56 Å². The molecule has 1 aromatic heterocycles. The van der Waals surface area contributed by atoms with E-state index < -0.39 is 0 Å². The van der Waals surface area contributed by atoms with Crippen LogP contribution in [0.25, 0.3) is 0 Å². The van der Waals surface area contributed by atoms with Crippen molar-refractivity contribution in [1.82, 2.24) is 15.1 Å². The molecule has 0 aliphatic carbocycles. The second-order valence-electron chi connectivity index (χ2n) is 3.15. The predicted octanol–water partition coefficient (Wildman–Crippen LogP) is 1.41. The maximum Gasteiger partial charge on any atom is 0.102 e. The van der Waals surface area contributed by atoms with Crippen molar-refractivity contribution in [2.45, 2.75) is 33.4 Å². The van der Waals surface area contributed by atoms with Gasteiger partial charge in [-0.2, -0.15) is 5.10 Å². The van der Waals surface area contributed by atoms with Crippen molar-refractivity contribution in [3.05, 3.63) is 18.0 Å². The van der Waals surface area contributed by atoms with Crippen LogP contribution in [0.15, 0.2) is 12.4 Å². The van der Waals surface area contributed by atoms with Crippen LogP contribution in [-0.2, 0) is 13.1 Å². The summed E-state index contributed by atoms with van der Waals surface area (Å²) in [5, 5.41) is 7.54. The monoisotopic (exact) mass is 191 g/mol. The summed E-state index contributed by atoms with van der Waals surface area (Å²) in [4.78, 5) is 0. The highest BCUT2D eigenvalue weighted by atomic mass is 15.3. The highest BCUT2D eigenvalue weighted by Gasteiger charge is 1.95. The largest absolute Gasteiger partial charge is 0.313 e. The topological polar surface area (TPSA) is 29.9 Å². The Morgan fingerprint density at radius 1 is 1.57 bits per heavy atom. The fraction of sp³-hybridized carbons (Fsp3) is 0.545. The molecule has 3 heteroatoms. The third-order valence-corrected chi connectivity index (χ3v) is 1.86. The van der Waals surface area contributed by atoms with Crippen molar-refractivity contribution in [2.75, 3.05) is 6.54 Å². The molecule has 14 heavy (non-hydrogen) atoms. The van der Waals surface area contributed by atoms with Crippen molar-refractivity contribution in [3.63, 3.8) is 0 Å². The highest BCUT2D eigenvalue weighted by Crippen LogP contribution is 1.96. The lowest BCUT2D eigenvalue weighted by atomic mass is 10.3. The van der Waals surface area contributed by atoms with E-state index in [1.54, 1.807) is 0 Å². The van der Waals surface area contributed by atoms with Gasteiger partial charge in [-0.3, -0.25) is 4.68 Å². The van der Waals surface area contributed by atoms with Gasteiger partial charge < -0.3 is 5.32 Å². The Kier molecular flexibility index (Phi) is 4.81. The van der Waals surface area contributed by atoms with Crippen LogP contribution < -0.4 is 5.32 Å². The van der Waals surface area contributed by atoms with Crippen LogP contribution in [0.5, 0.6) is 0 Å². The summed E-state index contributed by atoms with van der Waals surface area (Å²) in [5.41, 5.74) is 1.22. The van der Waals surface area contributed by atoms with Gasteiger partial charge in [0.05, 0.1) is 6.20 Å². The normalized spacial score (nSPS) is 9.57. The van der Waals surface area contributed by atoms with E-state index in [1.807, 2.05) is 24.0 Å². The Balaban J connectivity index is 2.37. The lowest BCUT2D eigenvalue weighted by Gasteiger charge is -1.98. The molecule has 1 heterocycles. The average molecular weight is 191 g/mol. The summed E-state index contributed by atoms with van der Waals surface area (Å²) >= 11 is 0. The SMILES string of the molecule is CC#CCn1cc(CNCCC)cn1. The van der Waals surface area contributed by atoms with Crippen LogP contribution in [0.2, 0.25) is 0 Å². The molecule has 76 valence electrons. The molecule has 1 N–H and O–H groups in total. The molecule has 0 aromatic carbocycles. The van der Waals surface area contributed by atoms with Gasteiger partial charge in [-0.15, -0.1) is 5.92 Å². The van der Waals surface area contributed by atoms with E-state index in [0.29, 0.717) is 6.54 Å². The molecule has 0 aliphatic rings. The summed E-state index contributed by atoms with van der Waals surface area (Å²) < 4.78 is 1.86. The molecule has 0 spiro atoms. The summed E-state index contributed by atoms with van der Waals surface area (Å²) in [6.07, 6.45) is 5.09. The minimum Gasteiger partial charge on any atom is -0.313 e. The predicted molar refractivity (Wildman–Crippen MR) is 57.7 cm³/mol. The van der Waals surface area contributed by atoms with Gasteiger partial charge in [0.15, 0.2) is 0 Å². The first-order valence-corrected chi connectivity index (χ1v) is 4.98. The van der Waals surface area contributed by atoms with Gasteiger partial charge in [0.2, 0.25) is 0 Å². The van der Waals surface area contributed by atoms with Gasteiger partial charge in [-0.25, -0.2) is 0 Å². The van der Waals surface area contributed by atoms with Crippen molar-refractivity contribution >= 4 is 0 Å². The average Bonchev–Trinajstić information content (AvgIpc) is 2.63. The van der Waals surface area contributed by atoms with Crippen LogP contribution in [0.4, 0.5) is 0 Å². The van der Waals surface area contributed by atoms with Gasteiger partial charge in [0, 0.05) is 18.3 Å². The molecule has 3 nitrogen and oxygen atoms in total. The van der Waals surface area contributed by atoms with Crippen molar-refractivity contribution < 1.29 is 0 Å². The van der Waals surface area contributed by atoms with E-state index in [-0.39, 0.29) is 0 Å². The summed E-state index contributed by atoms with van der Waals surface area (Å²) in [7, 11) is 0. The summed E-state index contributed by atoms with van der Waals surface area (Å²) in [5.74, 6) is 5.83. The van der Waals surface area contributed by atoms with Gasteiger partial charge >= 0.3 is 0 Å². The van der Waals surface area contributed by atoms with E-state index in [4.69, 9.17) is 0 Å². The van der Waals surface area contributed by atoms with Gasteiger partial charge in [0.1, 0.15) is 6.54 Å². The molecule has 0 saturated carbocycles. The molecule has 0 amide bonds. The Morgan fingerprint density at radius 3 is 3.14 bits per heavy atom. The maximum absolute atomic E-state index is 4.21. The molecule has 0 unspecified atom stereocenters. The molecule has 0 bridgehead atoms. The lowest BCUT2D eigenvalue weighted by Crippen LogP contribution is -2.13. The Hall–Kier alpha value is -1.27. The van der Waals surface area contributed by atoms with Crippen molar-refractivity contribution in [3.8, 4) is 11.8 Å². The quantitative estimate of drug-likeness (QED) is 0.563. The minimum absolute atomic E-state index is 0.685. The second-order valence-corrected chi connectivity index (χ2v) is 3.15. The second kappa shape index (κ2) is 6.22. The molecule has 0 atom stereocenters. The number of rotatable bonds is 5. The molecule has 0 saturated heterocycles. The number of aromatic nitrogens is 2. The van der Waals surface area contributed by atoms with Crippen LogP contribution in [-0.4, -0.2) is 16.3 Å². The molecular weight excluding hydrogens is 174 g/mol. The van der Waals surface area contributed by atoms with Crippen LogP contribution >= 0.6 is 0 Å². The molecule has 0 fully saturated rings. The van der Waals surface area contributed by atoms with E-state index in [2.05, 4.69) is 29.2 Å². The van der Waals surface area contributed by atoms with Gasteiger partial charge in [-0.05, 0) is 19.9 Å². The fourth-order valence-corrected chi connectivity index (χ4v) is 1.15. The van der Waals surface area contributed by atoms with Crippen LogP contribution in [0, 0.1) is 11.8 Å². The zero-order chi connectivity index (χ0) is 10.2. The highest BCUT2D eigenvalue weighted by molar-refractivity contribution is 5.05. The van der Waals surface area contributed by atoms with Crippen molar-refractivity contribution in [1.29, 1.82) is 0 Å². The van der Waals surface area contributed by atoms with Gasteiger partial charge in [0.25, 0.3) is 0 Å². The zero-order valence-electron chi connectivity index (χ0n) is 8.88. The molecule has 1 rings (SSSR count). The Labute approximate surface area is 85.5 Å². The Morgan fingerprint density at radius 2 is 2.43 bits per heavy atom. The van der Waals surface area contributed by atoms with Crippen LogP contribution in [0.3, 0.4) is 0 Å². The molecule has 0 radical (unpaired) electrons. The third-order valence-electron chi connectivity index (χ3n) is 1.86. The standard InChI is InChI=1S/C11H17N3/c1-3-5-7-14-10-11(9-13-14)8-12-6-4-2/h9-10,12H,4,6-8H2,1-2H3. The molecule has 1 aromatic rings. The number of nitrogens with one attached hydrogen (secondary N) is 1. The molecular formula is C11H17N3. The lowest BCUT2D eigenvalue weighted by molar-refractivity contribution is 0.672. The van der Waals surface area contributed by atoms with E-state index in [9.17, 15) is 0 Å².